The minimum Gasteiger partial charge on any atom is -0.367 e. The molecule has 25 nitrogen and oxygen atoms in total. The number of phosphoric ester groups is 2. The SMILES string of the molecule is CC(C)C(=O)Nc1nc2c(ncn2[C@@H]2O[C@@H]3COP(=O)(OCCC#N)O[C@H]4[C@H]5OC[C@]4(COP(=O)(O)O[C@@H]2[C@@H]3F)O[C@H]5n2cnc3c(NC(=O)c4ccccc4)ncnc32)c(=O)[nH]1. The van der Waals surface area contributed by atoms with Crippen molar-refractivity contribution >= 4 is 61.6 Å². The number of nitriles is 1. The molecule has 4 saturated heterocycles. The zero-order valence-corrected chi connectivity index (χ0v) is 34.7. The zero-order valence-electron chi connectivity index (χ0n) is 32.9. The van der Waals surface area contributed by atoms with Crippen LogP contribution in [0, 0.1) is 17.2 Å². The van der Waals surface area contributed by atoms with Gasteiger partial charge in [0.25, 0.3) is 11.5 Å². The molecule has 0 radical (unpaired) electrons. The highest BCUT2D eigenvalue weighted by molar-refractivity contribution is 7.48. The molecule has 4 aromatic heterocycles. The summed E-state index contributed by atoms with van der Waals surface area (Å²) in [6.07, 6.45) is -8.37. The van der Waals surface area contributed by atoms with E-state index < -0.39 is 107 Å². The molecule has 4 N–H and O–H groups in total. The van der Waals surface area contributed by atoms with Crippen molar-refractivity contribution in [3.63, 3.8) is 0 Å². The van der Waals surface area contributed by atoms with Crippen molar-refractivity contribution in [1.29, 1.82) is 5.26 Å². The molecule has 28 heteroatoms. The van der Waals surface area contributed by atoms with Crippen LogP contribution in [0.2, 0.25) is 0 Å². The minimum absolute atomic E-state index is 0.0603. The molecule has 4 aliphatic heterocycles. The van der Waals surface area contributed by atoms with E-state index in [4.69, 9.17) is 36.8 Å². The number of alkyl halides is 1. The molecule has 10 atom stereocenters. The maximum atomic E-state index is 16.5. The molecule has 0 saturated carbocycles. The number of fused-ring (bicyclic) bond motifs is 4. The number of carbonyl (C=O) groups excluding carboxylic acids is 2. The van der Waals surface area contributed by atoms with E-state index in [-0.39, 0.29) is 47.1 Å². The molecule has 2 unspecified atom stereocenters. The topological polar surface area (TPSA) is 317 Å². The molecule has 5 aromatic rings. The van der Waals surface area contributed by atoms with Gasteiger partial charge in [0.2, 0.25) is 11.9 Å². The van der Waals surface area contributed by atoms with Crippen molar-refractivity contribution < 1.29 is 64.8 Å². The summed E-state index contributed by atoms with van der Waals surface area (Å²) >= 11 is 0. The lowest BCUT2D eigenvalue weighted by atomic mass is 10.0. The summed E-state index contributed by atoms with van der Waals surface area (Å²) in [6.45, 7) is 0.626. The van der Waals surface area contributed by atoms with Crippen LogP contribution < -0.4 is 16.2 Å². The first-order valence-corrected chi connectivity index (χ1v) is 22.1. The van der Waals surface area contributed by atoms with Gasteiger partial charge in [0.05, 0.1) is 51.6 Å². The summed E-state index contributed by atoms with van der Waals surface area (Å²) in [6, 6.07) is 10.2. The number of aromatic amines is 1. The van der Waals surface area contributed by atoms with Gasteiger partial charge >= 0.3 is 15.6 Å². The van der Waals surface area contributed by atoms with Crippen LogP contribution >= 0.6 is 15.6 Å². The number of amides is 2. The van der Waals surface area contributed by atoms with Gasteiger partial charge in [-0.2, -0.15) is 10.2 Å². The number of imidazole rings is 2. The molecule has 4 fully saturated rings. The van der Waals surface area contributed by atoms with Crippen molar-refractivity contribution in [2.75, 3.05) is 37.1 Å². The fraction of sp³-hybridized carbons (Fsp3) is 0.457. The van der Waals surface area contributed by atoms with Gasteiger partial charge < -0.3 is 24.4 Å². The average molecular weight is 916 g/mol. The smallest absolute Gasteiger partial charge is 0.367 e. The van der Waals surface area contributed by atoms with E-state index in [9.17, 15) is 33.7 Å². The highest BCUT2D eigenvalue weighted by Gasteiger charge is 2.66. The van der Waals surface area contributed by atoms with Crippen molar-refractivity contribution in [3.8, 4) is 6.07 Å². The van der Waals surface area contributed by atoms with Crippen LogP contribution in [0.1, 0.15) is 43.1 Å². The van der Waals surface area contributed by atoms with Gasteiger partial charge in [0.15, 0.2) is 46.8 Å². The number of halogens is 1. The van der Waals surface area contributed by atoms with E-state index in [1.165, 1.54) is 17.2 Å². The third-order valence-corrected chi connectivity index (χ3v) is 12.9. The standard InChI is InChI=1S/C35H36FN11O14P2/c1-17(2)29(48)44-34-43-28-22(31(50)45-34)41-16-47(28)32-23-20(36)19(58-32)11-56-63(53,55-10-6-9-37)61-25-24-33(59-35(25,12-54-24)13-57-62(51,52)60-23)46-15-40-21-26(38-14-39-27(21)46)42-30(49)18-7-4-3-5-8-18/h3-5,7-8,14-17,19-20,23-25,32-33H,6,10-13H2,1-2H3,(H,51,52)(H,38,39,42,49)(H2,43,44,45,48,50)/t19-,20-,23-,24-,25+,32-,33-,35-,63?/m1/s1. The fourth-order valence-corrected chi connectivity index (χ4v) is 9.75. The zero-order chi connectivity index (χ0) is 44.3. The maximum Gasteiger partial charge on any atom is 0.475 e. The lowest BCUT2D eigenvalue weighted by Gasteiger charge is -2.32. The summed E-state index contributed by atoms with van der Waals surface area (Å²) in [5, 5.41) is 14.4. The molecule has 0 spiro atoms. The molecule has 9 rings (SSSR count). The van der Waals surface area contributed by atoms with Gasteiger partial charge in [-0.3, -0.25) is 56.4 Å². The number of aromatic nitrogens is 8. The van der Waals surface area contributed by atoms with E-state index in [1.807, 2.05) is 6.07 Å². The van der Waals surface area contributed by atoms with E-state index >= 15 is 4.39 Å². The predicted octanol–water partition coefficient (Wildman–Crippen LogP) is 2.66. The summed E-state index contributed by atoms with van der Waals surface area (Å²) in [4.78, 5) is 73.2. The first-order valence-electron chi connectivity index (χ1n) is 19.2. The molecule has 332 valence electrons. The number of phosphoric acid groups is 2. The molecular weight excluding hydrogens is 879 g/mol. The fourth-order valence-electron chi connectivity index (χ4n) is 7.35. The van der Waals surface area contributed by atoms with Gasteiger partial charge in [-0.1, -0.05) is 32.0 Å². The third-order valence-electron chi connectivity index (χ3n) is 10.4. The summed E-state index contributed by atoms with van der Waals surface area (Å²) in [5.41, 5.74) is -2.52. The number of benzene rings is 1. The Morgan fingerprint density at radius 2 is 1.79 bits per heavy atom. The Balaban J connectivity index is 1.04. The number of anilines is 2. The quantitative estimate of drug-likeness (QED) is 0.122. The first kappa shape index (κ1) is 42.9. The van der Waals surface area contributed by atoms with E-state index in [1.54, 1.807) is 44.2 Å². The van der Waals surface area contributed by atoms with Crippen LogP contribution in [-0.4, -0.2) is 118 Å². The summed E-state index contributed by atoms with van der Waals surface area (Å²) < 4.78 is 94.1. The van der Waals surface area contributed by atoms with Crippen LogP contribution in [0.4, 0.5) is 16.2 Å². The predicted molar refractivity (Wildman–Crippen MR) is 208 cm³/mol. The van der Waals surface area contributed by atoms with Crippen LogP contribution in [0.3, 0.4) is 0 Å². The number of carbonyl (C=O) groups is 2. The van der Waals surface area contributed by atoms with Crippen LogP contribution in [-0.2, 0) is 50.8 Å². The molecule has 4 aliphatic rings. The number of H-pyrrole nitrogens is 1. The van der Waals surface area contributed by atoms with Crippen LogP contribution in [0.5, 0.6) is 0 Å². The van der Waals surface area contributed by atoms with Crippen molar-refractivity contribution in [1.82, 2.24) is 39.0 Å². The van der Waals surface area contributed by atoms with Crippen LogP contribution in [0.15, 0.2) is 54.1 Å². The normalized spacial score (nSPS) is 31.8. The summed E-state index contributed by atoms with van der Waals surface area (Å²) in [5.74, 6) is -1.68. The average Bonchev–Trinajstić information content (AvgIpc) is 4.08. The molecule has 2 amide bonds. The third kappa shape index (κ3) is 8.06. The van der Waals surface area contributed by atoms with Crippen molar-refractivity contribution in [2.45, 2.75) is 68.9 Å². The second-order valence-corrected chi connectivity index (χ2v) is 18.0. The molecular formula is C35H36FN11O14P2. The van der Waals surface area contributed by atoms with Gasteiger partial charge in [-0.15, -0.1) is 0 Å². The second-order valence-electron chi connectivity index (χ2n) is 14.9. The summed E-state index contributed by atoms with van der Waals surface area (Å²) in [7, 11) is -10.2. The van der Waals surface area contributed by atoms with E-state index in [2.05, 4.69) is 40.5 Å². The molecule has 63 heavy (non-hydrogen) atoms. The maximum absolute atomic E-state index is 16.5. The van der Waals surface area contributed by atoms with E-state index in [0.717, 1.165) is 10.9 Å². The van der Waals surface area contributed by atoms with Gasteiger partial charge in [-0.25, -0.2) is 33.5 Å². The van der Waals surface area contributed by atoms with Gasteiger partial charge in [0, 0.05) is 11.5 Å². The van der Waals surface area contributed by atoms with Gasteiger partial charge in [0.1, 0.15) is 36.3 Å². The van der Waals surface area contributed by atoms with Crippen molar-refractivity contribution in [3.05, 3.63) is 65.2 Å². The Kier molecular flexibility index (Phi) is 11.3. The number of hydrogen-bond donors (Lipinski definition) is 4. The van der Waals surface area contributed by atoms with Crippen LogP contribution in [0.25, 0.3) is 22.3 Å². The first-order chi connectivity index (χ1) is 30.2. The Labute approximate surface area is 353 Å². The largest absolute Gasteiger partial charge is 0.475 e. The number of rotatable bonds is 9. The molecule has 4 bridgehead atoms. The molecule has 0 aliphatic carbocycles. The Hall–Kier alpha value is -5.42. The monoisotopic (exact) mass is 915 g/mol. The second kappa shape index (κ2) is 16.6. The lowest BCUT2D eigenvalue weighted by Crippen LogP contribution is -2.46. The Morgan fingerprint density at radius 3 is 2.56 bits per heavy atom. The highest BCUT2D eigenvalue weighted by Crippen LogP contribution is 2.60. The van der Waals surface area contributed by atoms with Crippen molar-refractivity contribution in [2.24, 2.45) is 5.92 Å². The molecule has 1 aromatic carbocycles. The number of nitrogens with zero attached hydrogens (tertiary/aromatic N) is 8. The number of hydrogen-bond acceptors (Lipinski definition) is 19. The Bertz CT molecular complexity index is 2790. The lowest BCUT2D eigenvalue weighted by molar-refractivity contribution is -0.184. The molecule has 8 heterocycles. The van der Waals surface area contributed by atoms with Gasteiger partial charge in [-0.05, 0) is 12.1 Å². The number of ether oxygens (including phenoxy) is 3. The Morgan fingerprint density at radius 1 is 1.03 bits per heavy atom. The minimum atomic E-state index is -5.34. The number of nitrogens with one attached hydrogen (secondary N) is 3. The van der Waals surface area contributed by atoms with E-state index in [0.29, 0.717) is 5.56 Å². The highest BCUT2D eigenvalue weighted by atomic mass is 31.2.